The van der Waals surface area contributed by atoms with Crippen LogP contribution in [0, 0.1) is 0 Å². The smallest absolute Gasteiger partial charge is 0.407 e. The van der Waals surface area contributed by atoms with Gasteiger partial charge in [0.2, 0.25) is 0 Å². The van der Waals surface area contributed by atoms with E-state index in [4.69, 9.17) is 18.9 Å². The van der Waals surface area contributed by atoms with E-state index in [0.29, 0.717) is 49.2 Å². The van der Waals surface area contributed by atoms with Crippen molar-refractivity contribution in [1.82, 2.24) is 14.9 Å². The molecule has 2 aromatic heterocycles. The van der Waals surface area contributed by atoms with E-state index in [1.165, 1.54) is 4.90 Å². The second-order valence-corrected chi connectivity index (χ2v) is 8.76. The van der Waals surface area contributed by atoms with Crippen LogP contribution in [0.4, 0.5) is 10.8 Å². The van der Waals surface area contributed by atoms with Crippen molar-refractivity contribution >= 4 is 34.5 Å². The van der Waals surface area contributed by atoms with Crippen LogP contribution in [0.5, 0.6) is 5.75 Å². The first-order valence-corrected chi connectivity index (χ1v) is 10.9. The lowest BCUT2D eigenvalue weighted by Gasteiger charge is -2.54. The molecule has 7 rings (SSSR count). The number of carboxylic acid groups (broad SMARTS) is 1. The zero-order chi connectivity index (χ0) is 20.2. The zero-order valence-corrected chi connectivity index (χ0v) is 16.9. The van der Waals surface area contributed by atoms with E-state index in [9.17, 15) is 9.90 Å². The van der Waals surface area contributed by atoms with Crippen LogP contribution >= 0.6 is 11.3 Å². The Morgan fingerprint density at radius 1 is 1.30 bits per heavy atom. The summed E-state index contributed by atoms with van der Waals surface area (Å²) in [6.07, 6.45) is 2.66. The molecule has 3 aromatic rings. The van der Waals surface area contributed by atoms with Crippen molar-refractivity contribution in [2.75, 3.05) is 31.2 Å². The number of hydrogen-bond donors (Lipinski definition) is 1. The Morgan fingerprint density at radius 3 is 2.87 bits per heavy atom. The molecular weight excluding hydrogens is 408 g/mol. The number of thiazole rings is 1. The monoisotopic (exact) mass is 428 g/mol. The summed E-state index contributed by atoms with van der Waals surface area (Å²) in [5, 5.41) is 12.1. The summed E-state index contributed by atoms with van der Waals surface area (Å²) in [6, 6.07) is 4.35. The normalized spacial score (nSPS) is 25.5. The van der Waals surface area contributed by atoms with E-state index in [0.717, 1.165) is 23.4 Å². The molecule has 30 heavy (non-hydrogen) atoms. The van der Waals surface area contributed by atoms with E-state index in [1.54, 1.807) is 17.5 Å². The number of piperazine rings is 1. The van der Waals surface area contributed by atoms with Crippen LogP contribution in [0.15, 0.2) is 28.1 Å². The highest BCUT2D eigenvalue weighted by atomic mass is 32.1. The molecule has 3 atom stereocenters. The Labute approximate surface area is 175 Å². The van der Waals surface area contributed by atoms with E-state index in [2.05, 4.69) is 4.98 Å². The molecular formula is C20H20N4O5S. The van der Waals surface area contributed by atoms with Crippen molar-refractivity contribution in [3.05, 3.63) is 23.7 Å². The Hall–Kier alpha value is -2.85. The lowest BCUT2D eigenvalue weighted by Crippen LogP contribution is -2.70. The molecule has 1 aromatic carbocycles. The highest BCUT2D eigenvalue weighted by molar-refractivity contribution is 7.13. The summed E-state index contributed by atoms with van der Waals surface area (Å²) in [5.74, 6) is 0.671. The summed E-state index contributed by atoms with van der Waals surface area (Å²) in [6.45, 7) is 2.43. The van der Waals surface area contributed by atoms with Crippen molar-refractivity contribution in [1.29, 1.82) is 0 Å². The molecule has 0 aliphatic carbocycles. The van der Waals surface area contributed by atoms with Crippen LogP contribution in [0.1, 0.15) is 12.8 Å². The molecule has 6 heterocycles. The summed E-state index contributed by atoms with van der Waals surface area (Å²) in [5.41, 5.74) is 2.19. The van der Waals surface area contributed by atoms with Crippen LogP contribution in [-0.2, 0) is 4.74 Å². The number of fused-ring (bicyclic) bond motifs is 3. The van der Waals surface area contributed by atoms with Gasteiger partial charge in [-0.3, -0.25) is 4.90 Å². The molecule has 156 valence electrons. The molecule has 0 radical (unpaired) electrons. The number of rotatable bonds is 4. The third kappa shape index (κ3) is 2.82. The van der Waals surface area contributed by atoms with Crippen LogP contribution < -0.4 is 9.64 Å². The van der Waals surface area contributed by atoms with Crippen LogP contribution in [0.25, 0.3) is 21.7 Å². The minimum Gasteiger partial charge on any atom is -0.486 e. The first kappa shape index (κ1) is 18.0. The number of ether oxygens (including phenoxy) is 2. The summed E-state index contributed by atoms with van der Waals surface area (Å²) in [4.78, 5) is 24.2. The first-order chi connectivity index (χ1) is 14.7. The predicted molar refractivity (Wildman–Crippen MR) is 109 cm³/mol. The first-order valence-electron chi connectivity index (χ1n) is 10.0. The Bertz CT molecular complexity index is 1080. The number of hydrogen-bond acceptors (Lipinski definition) is 8. The Balaban J connectivity index is 1.37. The molecule has 4 fully saturated rings. The van der Waals surface area contributed by atoms with Gasteiger partial charge in [0.15, 0.2) is 11.1 Å². The number of anilines is 1. The average Bonchev–Trinajstić information content (AvgIpc) is 3.49. The van der Waals surface area contributed by atoms with Crippen molar-refractivity contribution in [2.24, 2.45) is 0 Å². The Kier molecular flexibility index (Phi) is 4.10. The number of piperidine rings is 1. The lowest BCUT2D eigenvalue weighted by molar-refractivity contribution is 0.0101. The molecule has 0 spiro atoms. The predicted octanol–water partition coefficient (Wildman–Crippen LogP) is 3.06. The van der Waals surface area contributed by atoms with E-state index >= 15 is 0 Å². The largest absolute Gasteiger partial charge is 0.486 e. The van der Waals surface area contributed by atoms with Gasteiger partial charge in [-0.05, 0) is 18.6 Å². The summed E-state index contributed by atoms with van der Waals surface area (Å²) in [7, 11) is 0. The highest BCUT2D eigenvalue weighted by Gasteiger charge is 2.48. The van der Waals surface area contributed by atoms with Crippen molar-refractivity contribution < 1.29 is 23.8 Å². The fourth-order valence-electron chi connectivity index (χ4n) is 4.59. The molecule has 0 saturated carbocycles. The van der Waals surface area contributed by atoms with Gasteiger partial charge < -0.3 is 23.9 Å². The Morgan fingerprint density at radius 2 is 2.17 bits per heavy atom. The number of nitrogens with zero attached hydrogens (tertiary/aromatic N) is 4. The molecule has 4 saturated heterocycles. The fourth-order valence-corrected chi connectivity index (χ4v) is 5.25. The van der Waals surface area contributed by atoms with Gasteiger partial charge in [0.25, 0.3) is 6.01 Å². The number of carbonyl (C=O) groups is 1. The van der Waals surface area contributed by atoms with Gasteiger partial charge in [0.05, 0.1) is 30.9 Å². The van der Waals surface area contributed by atoms with E-state index < -0.39 is 6.09 Å². The molecule has 4 aliphatic heterocycles. The number of benzene rings is 1. The van der Waals surface area contributed by atoms with Crippen LogP contribution in [0.2, 0.25) is 0 Å². The van der Waals surface area contributed by atoms with Gasteiger partial charge in [-0.15, -0.1) is 11.3 Å². The second-order valence-electron chi connectivity index (χ2n) is 7.86. The molecule has 9 nitrogen and oxygen atoms in total. The average molecular weight is 428 g/mol. The van der Waals surface area contributed by atoms with Crippen molar-refractivity contribution in [3.8, 4) is 16.3 Å². The third-order valence-electron chi connectivity index (χ3n) is 6.02. The quantitative estimate of drug-likeness (QED) is 0.677. The number of aromatic nitrogens is 2. The maximum absolute atomic E-state index is 11.4. The van der Waals surface area contributed by atoms with Crippen LogP contribution in [-0.4, -0.2) is 70.6 Å². The van der Waals surface area contributed by atoms with E-state index in [1.807, 2.05) is 22.4 Å². The zero-order valence-electron chi connectivity index (χ0n) is 16.1. The molecule has 1 amide bonds. The molecule has 2 bridgehead atoms. The number of oxazole rings is 1. The van der Waals surface area contributed by atoms with Gasteiger partial charge in [-0.1, -0.05) is 0 Å². The van der Waals surface area contributed by atoms with Gasteiger partial charge in [-0.2, -0.15) is 4.98 Å². The standard InChI is InChI=1S/C20H20N4O5S/c25-20(26)24-11-7-12(24)9-23(8-11)19-22-16-15(28-13-3-5-27-10-13)2-1-14(17(16)29-19)18-21-4-6-30-18/h1-2,4,6,11-13H,3,5,7-10H2,(H,25,26). The lowest BCUT2D eigenvalue weighted by atomic mass is 9.88. The maximum atomic E-state index is 11.4. The van der Waals surface area contributed by atoms with Crippen LogP contribution in [0.3, 0.4) is 0 Å². The molecule has 4 aliphatic rings. The second kappa shape index (κ2) is 6.85. The van der Waals surface area contributed by atoms with Crippen molar-refractivity contribution in [3.63, 3.8) is 0 Å². The topological polar surface area (TPSA) is 101 Å². The van der Waals surface area contributed by atoms with Gasteiger partial charge in [0.1, 0.15) is 16.9 Å². The highest BCUT2D eigenvalue weighted by Crippen LogP contribution is 2.40. The summed E-state index contributed by atoms with van der Waals surface area (Å²) >= 11 is 1.54. The number of amides is 1. The molecule has 10 heteroatoms. The molecule has 3 unspecified atom stereocenters. The van der Waals surface area contributed by atoms with Gasteiger partial charge >= 0.3 is 6.09 Å². The minimum atomic E-state index is -0.853. The van der Waals surface area contributed by atoms with E-state index in [-0.39, 0.29) is 18.2 Å². The minimum absolute atomic E-state index is 0.00539. The SMILES string of the molecule is O=C(O)N1C2CC1CN(c1nc3c(OC4CCOC4)ccc(-c4nccs4)c3o1)C2. The van der Waals surface area contributed by atoms with Gasteiger partial charge in [0, 0.05) is 31.1 Å². The molecule has 1 N–H and O–H groups in total. The van der Waals surface area contributed by atoms with Gasteiger partial charge in [-0.25, -0.2) is 9.78 Å². The van der Waals surface area contributed by atoms with Crippen molar-refractivity contribution in [2.45, 2.75) is 31.0 Å². The summed E-state index contributed by atoms with van der Waals surface area (Å²) < 4.78 is 17.8. The fraction of sp³-hybridized carbons (Fsp3) is 0.450. The maximum Gasteiger partial charge on any atom is 0.407 e. The third-order valence-corrected chi connectivity index (χ3v) is 6.83.